The van der Waals surface area contributed by atoms with E-state index in [1.54, 1.807) is 43.4 Å². The Balaban J connectivity index is 1.96. The predicted molar refractivity (Wildman–Crippen MR) is 147 cm³/mol. The fraction of sp³-hybridized carbons (Fsp3) is 0.333. The summed E-state index contributed by atoms with van der Waals surface area (Å²) < 4.78 is 10.7. The van der Waals surface area contributed by atoms with Crippen molar-refractivity contribution in [3.05, 3.63) is 94.5 Å². The Morgan fingerprint density at radius 1 is 0.865 bits per heavy atom. The van der Waals surface area contributed by atoms with Crippen molar-refractivity contribution in [1.82, 2.24) is 10.2 Å². The molecule has 3 rings (SSSR count). The zero-order valence-electron chi connectivity index (χ0n) is 21.9. The lowest BCUT2D eigenvalue weighted by molar-refractivity contribution is -0.140. The first-order chi connectivity index (χ1) is 17.8. The molecule has 0 aliphatic carbocycles. The zero-order chi connectivity index (χ0) is 26.8. The lowest BCUT2D eigenvalue weighted by Gasteiger charge is -2.32. The number of rotatable bonds is 12. The van der Waals surface area contributed by atoms with E-state index in [9.17, 15) is 9.59 Å². The van der Waals surface area contributed by atoms with Gasteiger partial charge in [-0.05, 0) is 46.9 Å². The summed E-state index contributed by atoms with van der Waals surface area (Å²) >= 11 is 6.10. The molecule has 0 saturated heterocycles. The van der Waals surface area contributed by atoms with Gasteiger partial charge in [0.25, 0.3) is 0 Å². The summed E-state index contributed by atoms with van der Waals surface area (Å²) in [5, 5.41) is 3.65. The number of nitrogens with zero attached hydrogens (tertiary/aromatic N) is 1. The van der Waals surface area contributed by atoms with E-state index in [1.807, 2.05) is 62.4 Å². The van der Waals surface area contributed by atoms with Crippen LogP contribution in [0.1, 0.15) is 30.5 Å². The fourth-order valence-corrected chi connectivity index (χ4v) is 4.16. The molecule has 0 heterocycles. The highest BCUT2D eigenvalue weighted by molar-refractivity contribution is 6.30. The molecule has 0 spiro atoms. The van der Waals surface area contributed by atoms with Gasteiger partial charge in [-0.1, -0.05) is 74.0 Å². The minimum atomic E-state index is -0.690. The number of benzene rings is 3. The molecule has 3 aromatic carbocycles. The van der Waals surface area contributed by atoms with Crippen LogP contribution in [0.2, 0.25) is 5.02 Å². The first-order valence-electron chi connectivity index (χ1n) is 12.4. The highest BCUT2D eigenvalue weighted by Crippen LogP contribution is 2.28. The number of methoxy groups -OCH3 is 2. The van der Waals surface area contributed by atoms with Crippen molar-refractivity contribution >= 4 is 23.4 Å². The van der Waals surface area contributed by atoms with Crippen LogP contribution < -0.4 is 14.8 Å². The maximum Gasteiger partial charge on any atom is 0.243 e. The molecule has 0 aromatic heterocycles. The molecule has 0 unspecified atom stereocenters. The number of carbonyl (C=O) groups is 2. The van der Waals surface area contributed by atoms with Crippen LogP contribution in [0, 0.1) is 5.92 Å². The quantitative estimate of drug-likeness (QED) is 0.350. The van der Waals surface area contributed by atoms with Gasteiger partial charge in [0.1, 0.15) is 6.04 Å². The second kappa shape index (κ2) is 13.7. The van der Waals surface area contributed by atoms with E-state index < -0.39 is 6.04 Å². The first kappa shape index (κ1) is 28.1. The third-order valence-corrected chi connectivity index (χ3v) is 6.28. The molecule has 0 aliphatic rings. The van der Waals surface area contributed by atoms with E-state index in [0.29, 0.717) is 29.5 Å². The number of amides is 2. The molecule has 0 fully saturated rings. The number of nitrogens with one attached hydrogen (secondary N) is 1. The van der Waals surface area contributed by atoms with Gasteiger partial charge in [-0.25, -0.2) is 0 Å². The average molecular weight is 523 g/mol. The van der Waals surface area contributed by atoms with Gasteiger partial charge in [0, 0.05) is 24.5 Å². The molecular weight excluding hydrogens is 488 g/mol. The maximum absolute atomic E-state index is 13.9. The molecular formula is C30H35ClN2O4. The van der Waals surface area contributed by atoms with Crippen LogP contribution in [-0.2, 0) is 29.0 Å². The lowest BCUT2D eigenvalue weighted by Crippen LogP contribution is -2.51. The van der Waals surface area contributed by atoms with Gasteiger partial charge in [-0.3, -0.25) is 9.59 Å². The number of halogens is 1. The van der Waals surface area contributed by atoms with Crippen molar-refractivity contribution in [2.75, 3.05) is 20.8 Å². The standard InChI is InChI=1S/C30H35ClN2O4/c1-21(2)19-32-30(35)26(16-22-8-6-5-7-9-22)33(20-23-10-13-25(31)14-11-23)29(34)18-24-12-15-27(36-3)28(17-24)37-4/h5-15,17,21,26H,16,18-20H2,1-4H3,(H,32,35)/t26-/m0/s1. The molecule has 0 bridgehead atoms. The molecule has 0 aliphatic heterocycles. The molecule has 196 valence electrons. The maximum atomic E-state index is 13.9. The van der Waals surface area contributed by atoms with Crippen molar-refractivity contribution in [2.45, 2.75) is 39.3 Å². The second-order valence-electron chi connectivity index (χ2n) is 9.36. The third kappa shape index (κ3) is 8.25. The largest absolute Gasteiger partial charge is 0.493 e. The highest BCUT2D eigenvalue weighted by atomic mass is 35.5. The summed E-state index contributed by atoms with van der Waals surface area (Å²) in [4.78, 5) is 29.0. The second-order valence-corrected chi connectivity index (χ2v) is 9.80. The Morgan fingerprint density at radius 2 is 1.51 bits per heavy atom. The van der Waals surface area contributed by atoms with E-state index >= 15 is 0 Å². The summed E-state index contributed by atoms with van der Waals surface area (Å²) in [5.74, 6) is 1.09. The fourth-order valence-electron chi connectivity index (χ4n) is 4.03. The summed E-state index contributed by atoms with van der Waals surface area (Å²) in [6.45, 7) is 4.89. The SMILES string of the molecule is COc1ccc(CC(=O)N(Cc2ccc(Cl)cc2)[C@@H](Cc2ccccc2)C(=O)NCC(C)C)cc1OC. The van der Waals surface area contributed by atoms with Gasteiger partial charge in [0.05, 0.1) is 20.6 Å². The molecule has 7 heteroatoms. The molecule has 0 radical (unpaired) electrons. The van der Waals surface area contributed by atoms with E-state index in [4.69, 9.17) is 21.1 Å². The number of carbonyl (C=O) groups excluding carboxylic acids is 2. The van der Waals surface area contributed by atoms with Crippen molar-refractivity contribution in [3.63, 3.8) is 0 Å². The van der Waals surface area contributed by atoms with Crippen molar-refractivity contribution in [3.8, 4) is 11.5 Å². The topological polar surface area (TPSA) is 67.9 Å². The Kier molecular flexibility index (Phi) is 10.4. The van der Waals surface area contributed by atoms with E-state index in [0.717, 1.165) is 16.7 Å². The molecule has 2 amide bonds. The molecule has 1 N–H and O–H groups in total. The van der Waals surface area contributed by atoms with Crippen LogP contribution in [-0.4, -0.2) is 43.5 Å². The van der Waals surface area contributed by atoms with E-state index in [-0.39, 0.29) is 30.7 Å². The van der Waals surface area contributed by atoms with Gasteiger partial charge in [0.2, 0.25) is 11.8 Å². The smallest absolute Gasteiger partial charge is 0.243 e. The molecule has 1 atom stereocenters. The van der Waals surface area contributed by atoms with Crippen LogP contribution in [0.15, 0.2) is 72.8 Å². The Bertz CT molecular complexity index is 1170. The lowest BCUT2D eigenvalue weighted by atomic mass is 10.0. The monoisotopic (exact) mass is 522 g/mol. The minimum absolute atomic E-state index is 0.108. The molecule has 37 heavy (non-hydrogen) atoms. The normalized spacial score (nSPS) is 11.6. The van der Waals surface area contributed by atoms with Crippen LogP contribution in [0.3, 0.4) is 0 Å². The summed E-state index contributed by atoms with van der Waals surface area (Å²) in [7, 11) is 3.13. The van der Waals surface area contributed by atoms with E-state index in [1.165, 1.54) is 0 Å². The van der Waals surface area contributed by atoms with Gasteiger partial charge in [-0.2, -0.15) is 0 Å². The first-order valence-corrected chi connectivity index (χ1v) is 12.7. The highest BCUT2D eigenvalue weighted by Gasteiger charge is 2.30. The van der Waals surface area contributed by atoms with Crippen LogP contribution >= 0.6 is 11.6 Å². The van der Waals surface area contributed by atoms with Crippen LogP contribution in [0.5, 0.6) is 11.5 Å². The number of hydrogen-bond donors (Lipinski definition) is 1. The van der Waals surface area contributed by atoms with Gasteiger partial charge in [-0.15, -0.1) is 0 Å². The van der Waals surface area contributed by atoms with Crippen molar-refractivity contribution in [1.29, 1.82) is 0 Å². The molecule has 6 nitrogen and oxygen atoms in total. The van der Waals surface area contributed by atoms with Crippen molar-refractivity contribution in [2.24, 2.45) is 5.92 Å². The summed E-state index contributed by atoms with van der Waals surface area (Å²) in [5.41, 5.74) is 2.64. The zero-order valence-corrected chi connectivity index (χ0v) is 22.6. The molecule has 0 saturated carbocycles. The van der Waals surface area contributed by atoms with Gasteiger partial charge < -0.3 is 19.7 Å². The van der Waals surface area contributed by atoms with Crippen LogP contribution in [0.4, 0.5) is 0 Å². The number of hydrogen-bond acceptors (Lipinski definition) is 4. The van der Waals surface area contributed by atoms with Crippen molar-refractivity contribution < 1.29 is 19.1 Å². The number of ether oxygens (including phenoxy) is 2. The average Bonchev–Trinajstić information content (AvgIpc) is 2.90. The molecule has 3 aromatic rings. The Hall–Kier alpha value is -3.51. The predicted octanol–water partition coefficient (Wildman–Crippen LogP) is 5.31. The van der Waals surface area contributed by atoms with Crippen LogP contribution in [0.25, 0.3) is 0 Å². The third-order valence-electron chi connectivity index (χ3n) is 6.03. The summed E-state index contributed by atoms with van der Waals surface area (Å²) in [6.07, 6.45) is 0.507. The Morgan fingerprint density at radius 3 is 2.14 bits per heavy atom. The Labute approximate surface area is 224 Å². The van der Waals surface area contributed by atoms with E-state index in [2.05, 4.69) is 5.32 Å². The minimum Gasteiger partial charge on any atom is -0.493 e. The van der Waals surface area contributed by atoms with Gasteiger partial charge >= 0.3 is 0 Å². The summed E-state index contributed by atoms with van der Waals surface area (Å²) in [6, 6.07) is 21.8. The van der Waals surface area contributed by atoms with Gasteiger partial charge in [0.15, 0.2) is 11.5 Å².